The van der Waals surface area contributed by atoms with Gasteiger partial charge in [0.1, 0.15) is 0 Å². The van der Waals surface area contributed by atoms with E-state index in [1.54, 1.807) is 0 Å². The van der Waals surface area contributed by atoms with Crippen LogP contribution in [0.3, 0.4) is 0 Å². The maximum Gasteiger partial charge on any atom is 0.191 e. The zero-order valence-corrected chi connectivity index (χ0v) is 20.0. The Hall–Kier alpha value is -0.0800. The molecule has 4 unspecified atom stereocenters. The monoisotopic (exact) mass is 493 g/mol. The Morgan fingerprint density at radius 2 is 1.96 bits per heavy atom. The van der Waals surface area contributed by atoms with E-state index in [2.05, 4.69) is 38.3 Å². The summed E-state index contributed by atoms with van der Waals surface area (Å²) in [5.41, 5.74) is 0.176. The van der Waals surface area contributed by atoms with Crippen LogP contribution in [0.4, 0.5) is 0 Å². The molecule has 5 nitrogen and oxygen atoms in total. The van der Waals surface area contributed by atoms with Gasteiger partial charge in [0.05, 0.1) is 12.2 Å². The van der Waals surface area contributed by atoms with E-state index < -0.39 is 0 Å². The van der Waals surface area contributed by atoms with Crippen molar-refractivity contribution in [3.8, 4) is 0 Å². The van der Waals surface area contributed by atoms with Crippen LogP contribution < -0.4 is 10.6 Å². The molecular weight excluding hydrogens is 453 g/mol. The van der Waals surface area contributed by atoms with Crippen molar-refractivity contribution in [1.29, 1.82) is 0 Å². The Morgan fingerprint density at radius 1 is 1.22 bits per heavy atom. The fourth-order valence-corrected chi connectivity index (χ4v) is 5.39. The molecule has 4 atom stereocenters. The summed E-state index contributed by atoms with van der Waals surface area (Å²) in [5, 5.41) is 7.14. The minimum atomic E-state index is 0. The molecule has 1 saturated heterocycles. The predicted octanol–water partition coefficient (Wildman–Crippen LogP) is 3.96. The number of halogens is 1. The molecule has 0 amide bonds. The summed E-state index contributed by atoms with van der Waals surface area (Å²) in [7, 11) is 0. The second-order valence-corrected chi connectivity index (χ2v) is 8.77. The van der Waals surface area contributed by atoms with Gasteiger partial charge in [-0.15, -0.1) is 24.0 Å². The molecule has 27 heavy (non-hydrogen) atoms. The summed E-state index contributed by atoms with van der Waals surface area (Å²) >= 11 is 0. The standard InChI is InChI=1S/C21H39N3O2.HI/c1-5-22-20(24-18-16-12-14-26-19(16)21(18,3)4)23-13-11-17(25-6-2)15-9-7-8-10-15;/h15-19H,5-14H2,1-4H3,(H2,22,23,24);1H. The Balaban J connectivity index is 0.00000261. The van der Waals surface area contributed by atoms with Gasteiger partial charge in [-0.2, -0.15) is 0 Å². The highest BCUT2D eigenvalue weighted by Crippen LogP contribution is 2.52. The Labute approximate surface area is 182 Å². The first-order chi connectivity index (χ1) is 12.6. The first-order valence-corrected chi connectivity index (χ1v) is 10.9. The number of nitrogens with one attached hydrogen (secondary N) is 2. The fraction of sp³-hybridized carbons (Fsp3) is 0.952. The summed E-state index contributed by atoms with van der Waals surface area (Å²) in [6.07, 6.45) is 8.36. The van der Waals surface area contributed by atoms with Gasteiger partial charge in [-0.25, -0.2) is 0 Å². The van der Waals surface area contributed by atoms with E-state index >= 15 is 0 Å². The number of aliphatic imine (C=N–C) groups is 1. The van der Waals surface area contributed by atoms with Gasteiger partial charge in [-0.3, -0.25) is 4.99 Å². The lowest BCUT2D eigenvalue weighted by Gasteiger charge is -2.54. The topological polar surface area (TPSA) is 54.9 Å². The van der Waals surface area contributed by atoms with Crippen molar-refractivity contribution in [2.24, 2.45) is 22.2 Å². The highest BCUT2D eigenvalue weighted by molar-refractivity contribution is 14.0. The molecule has 158 valence electrons. The van der Waals surface area contributed by atoms with E-state index in [1.807, 2.05) is 0 Å². The van der Waals surface area contributed by atoms with E-state index in [0.717, 1.165) is 44.6 Å². The van der Waals surface area contributed by atoms with E-state index in [-0.39, 0.29) is 29.4 Å². The summed E-state index contributed by atoms with van der Waals surface area (Å²) in [6, 6.07) is 0.449. The second-order valence-electron chi connectivity index (χ2n) is 8.77. The molecule has 0 aromatic rings. The number of guanidine groups is 1. The van der Waals surface area contributed by atoms with Crippen LogP contribution in [0.25, 0.3) is 0 Å². The van der Waals surface area contributed by atoms with Gasteiger partial charge in [0.25, 0.3) is 0 Å². The fourth-order valence-electron chi connectivity index (χ4n) is 5.39. The Bertz CT molecular complexity index is 480. The van der Waals surface area contributed by atoms with Gasteiger partial charge in [-0.05, 0) is 45.4 Å². The minimum Gasteiger partial charge on any atom is -0.378 e. The molecule has 0 bridgehead atoms. The Kier molecular flexibility index (Phi) is 9.13. The minimum absolute atomic E-state index is 0. The molecule has 0 spiro atoms. The van der Waals surface area contributed by atoms with Gasteiger partial charge in [0, 0.05) is 43.7 Å². The molecule has 1 heterocycles. The maximum atomic E-state index is 6.04. The van der Waals surface area contributed by atoms with Crippen molar-refractivity contribution in [3.05, 3.63) is 0 Å². The highest BCUT2D eigenvalue weighted by Gasteiger charge is 2.59. The van der Waals surface area contributed by atoms with Crippen LogP contribution in [-0.4, -0.2) is 50.5 Å². The third-order valence-corrected chi connectivity index (χ3v) is 6.73. The molecule has 6 heteroatoms. The molecule has 3 rings (SSSR count). The molecular formula is C21H40IN3O2. The number of nitrogens with zero attached hydrogens (tertiary/aromatic N) is 1. The average Bonchev–Trinajstić information content (AvgIpc) is 3.29. The average molecular weight is 493 g/mol. The molecule has 0 aromatic carbocycles. The van der Waals surface area contributed by atoms with Crippen molar-refractivity contribution in [1.82, 2.24) is 10.6 Å². The zero-order valence-electron chi connectivity index (χ0n) is 17.6. The molecule has 0 radical (unpaired) electrons. The quantitative estimate of drug-likeness (QED) is 0.306. The molecule has 2 saturated carbocycles. The van der Waals surface area contributed by atoms with Gasteiger partial charge in [-0.1, -0.05) is 26.7 Å². The van der Waals surface area contributed by atoms with Gasteiger partial charge >= 0.3 is 0 Å². The summed E-state index contributed by atoms with van der Waals surface area (Å²) in [4.78, 5) is 4.88. The normalized spacial score (nSPS) is 31.0. The predicted molar refractivity (Wildman–Crippen MR) is 122 cm³/mol. The lowest BCUT2D eigenvalue weighted by atomic mass is 9.57. The number of rotatable bonds is 8. The number of ether oxygens (including phenoxy) is 2. The molecule has 0 aromatic heterocycles. The number of hydrogen-bond donors (Lipinski definition) is 2. The third kappa shape index (κ3) is 5.30. The first-order valence-electron chi connectivity index (χ1n) is 10.9. The summed E-state index contributed by atoms with van der Waals surface area (Å²) in [5.74, 6) is 2.32. The lowest BCUT2D eigenvalue weighted by Crippen LogP contribution is -2.68. The van der Waals surface area contributed by atoms with Crippen LogP contribution >= 0.6 is 24.0 Å². The van der Waals surface area contributed by atoms with Crippen molar-refractivity contribution in [3.63, 3.8) is 0 Å². The van der Waals surface area contributed by atoms with Gasteiger partial charge < -0.3 is 20.1 Å². The van der Waals surface area contributed by atoms with E-state index in [0.29, 0.717) is 24.2 Å². The molecule has 3 aliphatic rings. The largest absolute Gasteiger partial charge is 0.378 e. The van der Waals surface area contributed by atoms with Crippen LogP contribution in [0.1, 0.15) is 66.2 Å². The van der Waals surface area contributed by atoms with Crippen molar-refractivity contribution in [2.45, 2.75) is 84.5 Å². The Morgan fingerprint density at radius 3 is 2.63 bits per heavy atom. The third-order valence-electron chi connectivity index (χ3n) is 6.73. The molecule has 1 aliphatic heterocycles. The summed E-state index contributed by atoms with van der Waals surface area (Å²) in [6.45, 7) is 12.3. The number of fused-ring (bicyclic) bond motifs is 1. The SMILES string of the molecule is CCNC(=NCCC(OCC)C1CCCC1)NC1C2CCOC2C1(C)C.I. The van der Waals surface area contributed by atoms with Crippen molar-refractivity contribution >= 4 is 29.9 Å². The van der Waals surface area contributed by atoms with Crippen LogP contribution in [0.2, 0.25) is 0 Å². The molecule has 3 fully saturated rings. The van der Waals surface area contributed by atoms with Crippen molar-refractivity contribution < 1.29 is 9.47 Å². The molecule has 2 N–H and O–H groups in total. The van der Waals surface area contributed by atoms with E-state index in [9.17, 15) is 0 Å². The highest BCUT2D eigenvalue weighted by atomic mass is 127. The maximum absolute atomic E-state index is 6.04. The summed E-state index contributed by atoms with van der Waals surface area (Å²) < 4.78 is 12.0. The van der Waals surface area contributed by atoms with Gasteiger partial charge in [0.2, 0.25) is 0 Å². The zero-order chi connectivity index (χ0) is 18.6. The number of hydrogen-bond acceptors (Lipinski definition) is 3. The van der Waals surface area contributed by atoms with Crippen LogP contribution in [0.15, 0.2) is 4.99 Å². The van der Waals surface area contributed by atoms with E-state index in [4.69, 9.17) is 14.5 Å². The van der Waals surface area contributed by atoms with Crippen LogP contribution in [0, 0.1) is 17.3 Å². The lowest BCUT2D eigenvalue weighted by molar-refractivity contribution is -0.106. The smallest absolute Gasteiger partial charge is 0.191 e. The first kappa shape index (κ1) is 23.2. The van der Waals surface area contributed by atoms with E-state index in [1.165, 1.54) is 32.1 Å². The van der Waals surface area contributed by atoms with Crippen LogP contribution in [0.5, 0.6) is 0 Å². The second kappa shape index (κ2) is 10.6. The van der Waals surface area contributed by atoms with Crippen molar-refractivity contribution in [2.75, 3.05) is 26.3 Å². The van der Waals surface area contributed by atoms with Gasteiger partial charge in [0.15, 0.2) is 5.96 Å². The van der Waals surface area contributed by atoms with Crippen LogP contribution in [-0.2, 0) is 9.47 Å². The molecule has 2 aliphatic carbocycles.